The number of quaternary nitrogens is 2. The van der Waals surface area contributed by atoms with Gasteiger partial charge in [0.2, 0.25) is 0 Å². The standard InChI is InChI=1S/C21H28N4O2/c1-21(15-22,18-3-4-18)23-20(26)14-25-9-7-24(8-10-25)13-16-2-5-19-17(12-16)6-11-27-19/h2,5,12,18H,3-4,6-11,13-14H2,1H3,(H,23,26)/p+2/t21-/m1/s1. The average Bonchev–Trinajstić information content (AvgIpc) is 3.42. The van der Waals surface area contributed by atoms with Gasteiger partial charge < -0.3 is 19.9 Å². The number of fused-ring (bicyclic) bond motifs is 1. The van der Waals surface area contributed by atoms with Gasteiger partial charge in [-0.25, -0.2) is 0 Å². The lowest BCUT2D eigenvalue weighted by molar-refractivity contribution is -1.02. The first kappa shape index (κ1) is 18.3. The quantitative estimate of drug-likeness (QED) is 0.584. The number of ether oxygens (including phenoxy) is 1. The van der Waals surface area contributed by atoms with Crippen molar-refractivity contribution in [2.75, 3.05) is 39.3 Å². The predicted molar refractivity (Wildman–Crippen MR) is 100 cm³/mol. The molecule has 1 aromatic rings. The molecule has 1 saturated carbocycles. The minimum Gasteiger partial charge on any atom is -0.493 e. The second kappa shape index (κ2) is 7.49. The number of amides is 1. The highest BCUT2D eigenvalue weighted by molar-refractivity contribution is 5.78. The zero-order valence-electron chi connectivity index (χ0n) is 16.1. The molecule has 2 heterocycles. The van der Waals surface area contributed by atoms with Crippen LogP contribution in [0.25, 0.3) is 0 Å². The highest BCUT2D eigenvalue weighted by Crippen LogP contribution is 2.39. The molecule has 6 nitrogen and oxygen atoms in total. The summed E-state index contributed by atoms with van der Waals surface area (Å²) >= 11 is 0. The van der Waals surface area contributed by atoms with Crippen LogP contribution in [0.15, 0.2) is 18.2 Å². The Morgan fingerprint density at radius 1 is 1.30 bits per heavy atom. The first-order chi connectivity index (χ1) is 13.1. The predicted octanol–water partition coefficient (Wildman–Crippen LogP) is -1.29. The highest BCUT2D eigenvalue weighted by Gasteiger charge is 2.43. The first-order valence-electron chi connectivity index (χ1n) is 10.2. The summed E-state index contributed by atoms with van der Waals surface area (Å²) in [6, 6.07) is 8.89. The Morgan fingerprint density at radius 2 is 2.04 bits per heavy atom. The number of benzene rings is 1. The molecular weight excluding hydrogens is 340 g/mol. The van der Waals surface area contributed by atoms with E-state index in [4.69, 9.17) is 4.74 Å². The number of hydrogen-bond acceptors (Lipinski definition) is 3. The number of carbonyl (C=O) groups excluding carboxylic acids is 1. The van der Waals surface area contributed by atoms with Crippen LogP contribution in [-0.4, -0.2) is 50.8 Å². The Hall–Kier alpha value is -2.10. The molecular formula is C21H30N4O2+2. The molecule has 2 fully saturated rings. The van der Waals surface area contributed by atoms with Gasteiger partial charge in [-0.3, -0.25) is 4.79 Å². The van der Waals surface area contributed by atoms with E-state index in [1.165, 1.54) is 16.0 Å². The van der Waals surface area contributed by atoms with E-state index in [9.17, 15) is 10.1 Å². The van der Waals surface area contributed by atoms with E-state index in [-0.39, 0.29) is 5.91 Å². The molecule has 6 heteroatoms. The van der Waals surface area contributed by atoms with Crippen molar-refractivity contribution in [3.8, 4) is 11.8 Å². The van der Waals surface area contributed by atoms with Crippen molar-refractivity contribution in [2.45, 2.75) is 38.3 Å². The van der Waals surface area contributed by atoms with Crippen molar-refractivity contribution in [1.82, 2.24) is 5.32 Å². The van der Waals surface area contributed by atoms with Gasteiger partial charge in [0.1, 0.15) is 44.0 Å². The van der Waals surface area contributed by atoms with Crippen LogP contribution in [0.3, 0.4) is 0 Å². The monoisotopic (exact) mass is 370 g/mol. The second-order valence-electron chi connectivity index (χ2n) is 8.53. The zero-order valence-corrected chi connectivity index (χ0v) is 16.1. The summed E-state index contributed by atoms with van der Waals surface area (Å²) in [6.45, 7) is 8.35. The summed E-state index contributed by atoms with van der Waals surface area (Å²) in [7, 11) is 0. The third kappa shape index (κ3) is 4.26. The molecule has 3 aliphatic rings. The van der Waals surface area contributed by atoms with Crippen LogP contribution in [-0.2, 0) is 17.8 Å². The molecule has 144 valence electrons. The number of carbonyl (C=O) groups is 1. The van der Waals surface area contributed by atoms with Crippen molar-refractivity contribution >= 4 is 5.91 Å². The van der Waals surface area contributed by atoms with Crippen LogP contribution in [0, 0.1) is 17.2 Å². The van der Waals surface area contributed by atoms with E-state index in [0.29, 0.717) is 12.5 Å². The number of rotatable bonds is 6. The molecule has 1 saturated heterocycles. The molecule has 3 N–H and O–H groups in total. The van der Waals surface area contributed by atoms with Gasteiger partial charge in [0.05, 0.1) is 12.7 Å². The fraction of sp³-hybridized carbons (Fsp3) is 0.619. The van der Waals surface area contributed by atoms with Crippen LogP contribution in [0.4, 0.5) is 0 Å². The molecule has 4 rings (SSSR count). The fourth-order valence-electron chi connectivity index (χ4n) is 4.39. The van der Waals surface area contributed by atoms with Crippen molar-refractivity contribution in [1.29, 1.82) is 5.26 Å². The van der Waals surface area contributed by atoms with Crippen LogP contribution in [0.2, 0.25) is 0 Å². The molecule has 0 aromatic heterocycles. The lowest BCUT2D eigenvalue weighted by atomic mass is 9.98. The van der Waals surface area contributed by atoms with Crippen molar-refractivity contribution in [3.63, 3.8) is 0 Å². The SMILES string of the molecule is C[C@](C#N)(NC(=O)C[NH+]1CC[NH+](Cc2ccc3c(c2)CCO3)CC1)C1CC1. The second-order valence-corrected chi connectivity index (χ2v) is 8.53. The van der Waals surface area contributed by atoms with E-state index in [2.05, 4.69) is 29.6 Å². The topological polar surface area (TPSA) is 71.0 Å². The van der Waals surface area contributed by atoms with Crippen LogP contribution < -0.4 is 19.9 Å². The Labute approximate surface area is 161 Å². The third-order valence-corrected chi connectivity index (χ3v) is 6.31. The maximum Gasteiger partial charge on any atom is 0.276 e. The number of nitrogens with one attached hydrogen (secondary N) is 3. The first-order valence-corrected chi connectivity index (χ1v) is 10.2. The minimum atomic E-state index is -0.680. The molecule has 0 bridgehead atoms. The maximum absolute atomic E-state index is 12.4. The Kier molecular flexibility index (Phi) is 5.07. The van der Waals surface area contributed by atoms with Gasteiger partial charge in [-0.05, 0) is 49.4 Å². The molecule has 1 aliphatic carbocycles. The summed E-state index contributed by atoms with van der Waals surface area (Å²) in [4.78, 5) is 15.3. The smallest absolute Gasteiger partial charge is 0.276 e. The van der Waals surface area contributed by atoms with E-state index in [1.54, 1.807) is 4.90 Å². The molecule has 1 amide bonds. The summed E-state index contributed by atoms with van der Waals surface area (Å²) < 4.78 is 5.59. The summed E-state index contributed by atoms with van der Waals surface area (Å²) in [5.74, 6) is 1.40. The molecule has 1 atom stereocenters. The van der Waals surface area contributed by atoms with Gasteiger partial charge in [0.15, 0.2) is 6.54 Å². The van der Waals surface area contributed by atoms with Gasteiger partial charge in [-0.1, -0.05) is 0 Å². The lowest BCUT2D eigenvalue weighted by Gasteiger charge is -2.30. The molecule has 27 heavy (non-hydrogen) atoms. The molecule has 1 aromatic carbocycles. The van der Waals surface area contributed by atoms with Gasteiger partial charge in [0.25, 0.3) is 5.91 Å². The van der Waals surface area contributed by atoms with E-state index < -0.39 is 5.54 Å². The van der Waals surface area contributed by atoms with Crippen LogP contribution in [0.5, 0.6) is 5.75 Å². The largest absolute Gasteiger partial charge is 0.493 e. The summed E-state index contributed by atoms with van der Waals surface area (Å²) in [5.41, 5.74) is 2.04. The fourth-order valence-corrected chi connectivity index (χ4v) is 4.39. The van der Waals surface area contributed by atoms with E-state index in [0.717, 1.165) is 64.3 Å². The van der Waals surface area contributed by atoms with Gasteiger partial charge in [0, 0.05) is 12.0 Å². The van der Waals surface area contributed by atoms with Gasteiger partial charge >= 0.3 is 0 Å². The van der Waals surface area contributed by atoms with Crippen LogP contribution >= 0.6 is 0 Å². The van der Waals surface area contributed by atoms with Crippen molar-refractivity contribution < 1.29 is 19.3 Å². The van der Waals surface area contributed by atoms with Crippen LogP contribution in [0.1, 0.15) is 30.9 Å². The van der Waals surface area contributed by atoms with E-state index >= 15 is 0 Å². The Balaban J connectivity index is 1.23. The number of piperazine rings is 1. The zero-order chi connectivity index (χ0) is 18.9. The van der Waals surface area contributed by atoms with E-state index in [1.807, 2.05) is 6.92 Å². The Morgan fingerprint density at radius 3 is 2.74 bits per heavy atom. The number of nitriles is 1. The number of nitrogens with zero attached hydrogens (tertiary/aromatic N) is 1. The third-order valence-electron chi connectivity index (χ3n) is 6.31. The minimum absolute atomic E-state index is 0.0167. The average molecular weight is 370 g/mol. The van der Waals surface area contributed by atoms with Gasteiger partial charge in [-0.2, -0.15) is 5.26 Å². The normalized spacial score (nSPS) is 26.4. The molecule has 0 spiro atoms. The summed E-state index contributed by atoms with van der Waals surface area (Å²) in [5, 5.41) is 12.4. The molecule has 0 unspecified atom stereocenters. The Bertz CT molecular complexity index is 747. The van der Waals surface area contributed by atoms with Gasteiger partial charge in [-0.15, -0.1) is 0 Å². The highest BCUT2D eigenvalue weighted by atomic mass is 16.5. The summed E-state index contributed by atoms with van der Waals surface area (Å²) in [6.07, 6.45) is 3.12. The number of hydrogen-bond donors (Lipinski definition) is 3. The molecule has 0 radical (unpaired) electrons. The maximum atomic E-state index is 12.4. The lowest BCUT2D eigenvalue weighted by Crippen LogP contribution is -3.28. The van der Waals surface area contributed by atoms with Crippen molar-refractivity contribution in [2.24, 2.45) is 5.92 Å². The van der Waals surface area contributed by atoms with Crippen molar-refractivity contribution in [3.05, 3.63) is 29.3 Å². The molecule has 2 aliphatic heterocycles.